The molecule has 1 aromatic heterocycles. The van der Waals surface area contributed by atoms with E-state index in [0.717, 1.165) is 66.1 Å². The molecule has 1 aliphatic carbocycles. The lowest BCUT2D eigenvalue weighted by atomic mass is 10.0. The molecule has 0 N–H and O–H groups in total. The van der Waals surface area contributed by atoms with Crippen LogP contribution in [-0.4, -0.2) is 75.7 Å². The topological polar surface area (TPSA) is 84.9 Å². The van der Waals surface area contributed by atoms with Crippen molar-refractivity contribution in [2.45, 2.75) is 49.3 Å². The van der Waals surface area contributed by atoms with Gasteiger partial charge in [0.25, 0.3) is 0 Å². The molecular weight excluding hydrogens is 476 g/mol. The molecule has 2 aliphatic heterocycles. The molecule has 3 aromatic rings. The highest BCUT2D eigenvalue weighted by atomic mass is 32.2. The van der Waals surface area contributed by atoms with Gasteiger partial charge >= 0.3 is 0 Å². The number of rotatable bonds is 4. The highest BCUT2D eigenvalue weighted by molar-refractivity contribution is 7.90. The molecule has 0 amide bonds. The van der Waals surface area contributed by atoms with Crippen LogP contribution in [0.5, 0.6) is 0 Å². The molecule has 1 saturated carbocycles. The molecule has 36 heavy (non-hydrogen) atoms. The number of anilines is 2. The van der Waals surface area contributed by atoms with Gasteiger partial charge in [-0.1, -0.05) is 18.2 Å². The zero-order valence-electron chi connectivity index (χ0n) is 20.8. The second kappa shape index (κ2) is 9.28. The molecule has 3 fully saturated rings. The molecular formula is C27H32N4O4S. The van der Waals surface area contributed by atoms with E-state index in [0.29, 0.717) is 30.8 Å². The van der Waals surface area contributed by atoms with Gasteiger partial charge in [0.15, 0.2) is 9.84 Å². The zero-order chi connectivity index (χ0) is 24.9. The Kier molecular flexibility index (Phi) is 6.09. The summed E-state index contributed by atoms with van der Waals surface area (Å²) in [5.74, 6) is 1.68. The number of hydrogen-bond acceptors (Lipinski definition) is 8. The minimum absolute atomic E-state index is 0.208. The van der Waals surface area contributed by atoms with E-state index in [4.69, 9.17) is 19.4 Å². The van der Waals surface area contributed by atoms with E-state index >= 15 is 0 Å². The standard InChI is InChI=1S/C27H32N4O4S/c1-18-17-34-13-11-30(18)26-22-10-9-20(19-5-3-6-21(15-19)36(2,32)33)16-23(22)28-27(29-26)31-12-14-35-25-8-4-7-24(25)31/h3,5-6,9-10,15-16,18,24-25H,4,7-8,11-14,17H2,1-2H3/t18-,24-,25+/m0/s1. The molecule has 190 valence electrons. The smallest absolute Gasteiger partial charge is 0.228 e. The molecule has 3 heterocycles. The molecule has 3 atom stereocenters. The minimum Gasteiger partial charge on any atom is -0.377 e. The SMILES string of the molecule is C[C@H]1COCCN1c1nc(N2CCO[C@@H]3CCC[C@@H]32)nc2cc(-c3cccc(S(C)(=O)=O)c3)ccc12. The van der Waals surface area contributed by atoms with Crippen molar-refractivity contribution in [2.75, 3.05) is 49.0 Å². The van der Waals surface area contributed by atoms with Crippen LogP contribution in [0.3, 0.4) is 0 Å². The Morgan fingerprint density at radius 1 is 0.972 bits per heavy atom. The number of aromatic nitrogens is 2. The molecule has 9 heteroatoms. The summed E-state index contributed by atoms with van der Waals surface area (Å²) in [6.45, 7) is 5.74. The van der Waals surface area contributed by atoms with Gasteiger partial charge in [-0.25, -0.2) is 13.4 Å². The third-order valence-corrected chi connectivity index (χ3v) is 8.75. The summed E-state index contributed by atoms with van der Waals surface area (Å²) >= 11 is 0. The summed E-state index contributed by atoms with van der Waals surface area (Å²) in [5, 5.41) is 0.992. The van der Waals surface area contributed by atoms with Gasteiger partial charge in [0.05, 0.1) is 48.4 Å². The number of fused-ring (bicyclic) bond motifs is 2. The van der Waals surface area contributed by atoms with E-state index in [-0.39, 0.29) is 12.1 Å². The third-order valence-electron chi connectivity index (χ3n) is 7.64. The van der Waals surface area contributed by atoms with E-state index in [9.17, 15) is 8.42 Å². The van der Waals surface area contributed by atoms with E-state index in [1.54, 1.807) is 18.2 Å². The summed E-state index contributed by atoms with van der Waals surface area (Å²) in [7, 11) is -3.30. The van der Waals surface area contributed by atoms with Gasteiger partial charge in [-0.15, -0.1) is 0 Å². The average Bonchev–Trinajstić information content (AvgIpc) is 3.37. The van der Waals surface area contributed by atoms with Crippen LogP contribution in [0.2, 0.25) is 0 Å². The molecule has 2 saturated heterocycles. The Labute approximate surface area is 212 Å². The molecule has 2 aromatic carbocycles. The number of benzene rings is 2. The average molecular weight is 509 g/mol. The summed E-state index contributed by atoms with van der Waals surface area (Å²) in [4.78, 5) is 15.2. The van der Waals surface area contributed by atoms with Crippen LogP contribution in [-0.2, 0) is 19.3 Å². The predicted octanol–water partition coefficient (Wildman–Crippen LogP) is 3.68. The Morgan fingerprint density at radius 2 is 1.81 bits per heavy atom. The fourth-order valence-electron chi connectivity index (χ4n) is 5.75. The van der Waals surface area contributed by atoms with Crippen LogP contribution in [0.4, 0.5) is 11.8 Å². The van der Waals surface area contributed by atoms with Gasteiger partial charge in [0, 0.05) is 24.7 Å². The lowest BCUT2D eigenvalue weighted by Gasteiger charge is -2.39. The predicted molar refractivity (Wildman–Crippen MR) is 140 cm³/mol. The first-order valence-corrected chi connectivity index (χ1v) is 14.6. The van der Waals surface area contributed by atoms with Crippen molar-refractivity contribution in [3.8, 4) is 11.1 Å². The zero-order valence-corrected chi connectivity index (χ0v) is 21.6. The normalized spacial score (nSPS) is 24.8. The Hall–Kier alpha value is -2.75. The third kappa shape index (κ3) is 4.33. The first kappa shape index (κ1) is 23.6. The molecule has 8 nitrogen and oxygen atoms in total. The fourth-order valence-corrected chi connectivity index (χ4v) is 6.42. The van der Waals surface area contributed by atoms with E-state index in [2.05, 4.69) is 28.9 Å². The molecule has 6 rings (SSSR count). The van der Waals surface area contributed by atoms with Gasteiger partial charge in [-0.3, -0.25) is 0 Å². The summed E-state index contributed by atoms with van der Waals surface area (Å²) in [5.41, 5.74) is 2.64. The highest BCUT2D eigenvalue weighted by Crippen LogP contribution is 2.36. The Balaban J connectivity index is 1.49. The van der Waals surface area contributed by atoms with E-state index < -0.39 is 9.84 Å². The highest BCUT2D eigenvalue weighted by Gasteiger charge is 2.38. The maximum atomic E-state index is 12.1. The first-order valence-electron chi connectivity index (χ1n) is 12.7. The molecule has 0 spiro atoms. The maximum absolute atomic E-state index is 12.1. The van der Waals surface area contributed by atoms with Crippen LogP contribution in [0, 0.1) is 0 Å². The fraction of sp³-hybridized carbons (Fsp3) is 0.481. The quantitative estimate of drug-likeness (QED) is 0.528. The summed E-state index contributed by atoms with van der Waals surface area (Å²) < 4.78 is 36.0. The van der Waals surface area contributed by atoms with Crippen LogP contribution in [0.25, 0.3) is 22.0 Å². The number of morpholine rings is 2. The van der Waals surface area contributed by atoms with Crippen molar-refractivity contribution in [1.29, 1.82) is 0 Å². The van der Waals surface area contributed by atoms with Gasteiger partial charge in [0.2, 0.25) is 5.95 Å². The van der Waals surface area contributed by atoms with Crippen molar-refractivity contribution in [3.63, 3.8) is 0 Å². The summed E-state index contributed by atoms with van der Waals surface area (Å²) in [6.07, 6.45) is 4.82. The Bertz CT molecular complexity index is 1400. The number of nitrogens with zero attached hydrogens (tertiary/aromatic N) is 4. The second-order valence-corrected chi connectivity index (χ2v) is 12.1. The van der Waals surface area contributed by atoms with Gasteiger partial charge in [0.1, 0.15) is 5.82 Å². The van der Waals surface area contributed by atoms with Gasteiger partial charge in [-0.05, 0) is 61.6 Å². The summed E-state index contributed by atoms with van der Waals surface area (Å²) in [6, 6.07) is 13.8. The van der Waals surface area contributed by atoms with Crippen LogP contribution in [0.1, 0.15) is 26.2 Å². The van der Waals surface area contributed by atoms with Crippen molar-refractivity contribution >= 4 is 32.5 Å². The van der Waals surface area contributed by atoms with E-state index in [1.165, 1.54) is 6.26 Å². The monoisotopic (exact) mass is 508 g/mol. The molecule has 0 bridgehead atoms. The first-order chi connectivity index (χ1) is 17.4. The van der Waals surface area contributed by atoms with Crippen LogP contribution < -0.4 is 9.80 Å². The van der Waals surface area contributed by atoms with Crippen molar-refractivity contribution in [2.24, 2.45) is 0 Å². The Morgan fingerprint density at radius 3 is 2.64 bits per heavy atom. The van der Waals surface area contributed by atoms with Crippen LogP contribution >= 0.6 is 0 Å². The van der Waals surface area contributed by atoms with Crippen LogP contribution in [0.15, 0.2) is 47.4 Å². The molecule has 3 aliphatic rings. The van der Waals surface area contributed by atoms with Crippen molar-refractivity contribution in [1.82, 2.24) is 9.97 Å². The number of hydrogen-bond donors (Lipinski definition) is 0. The number of sulfone groups is 1. The number of ether oxygens (including phenoxy) is 2. The van der Waals surface area contributed by atoms with Gasteiger partial charge < -0.3 is 19.3 Å². The minimum atomic E-state index is -3.30. The van der Waals surface area contributed by atoms with E-state index in [1.807, 2.05) is 12.1 Å². The van der Waals surface area contributed by atoms with Gasteiger partial charge in [-0.2, -0.15) is 4.98 Å². The van der Waals surface area contributed by atoms with Crippen molar-refractivity contribution in [3.05, 3.63) is 42.5 Å². The lowest BCUT2D eigenvalue weighted by molar-refractivity contribution is 0.0250. The largest absolute Gasteiger partial charge is 0.377 e. The lowest BCUT2D eigenvalue weighted by Crippen LogP contribution is -2.49. The second-order valence-electron chi connectivity index (χ2n) is 10.1. The molecule has 0 radical (unpaired) electrons. The molecule has 0 unspecified atom stereocenters. The van der Waals surface area contributed by atoms with Crippen molar-refractivity contribution < 1.29 is 17.9 Å². The maximum Gasteiger partial charge on any atom is 0.228 e.